The van der Waals surface area contributed by atoms with E-state index in [0.717, 1.165) is 5.56 Å². The molecule has 1 saturated heterocycles. The van der Waals surface area contributed by atoms with Crippen molar-refractivity contribution in [1.82, 2.24) is 10.2 Å². The van der Waals surface area contributed by atoms with Crippen LogP contribution in [-0.2, 0) is 16.1 Å². The predicted molar refractivity (Wildman–Crippen MR) is 84.1 cm³/mol. The van der Waals surface area contributed by atoms with Gasteiger partial charge in [-0.05, 0) is 31.5 Å². The summed E-state index contributed by atoms with van der Waals surface area (Å²) in [5.74, 6) is 0.167. The van der Waals surface area contributed by atoms with E-state index in [9.17, 15) is 4.79 Å². The van der Waals surface area contributed by atoms with Gasteiger partial charge in [-0.3, -0.25) is 4.79 Å². The Balaban J connectivity index is 1.72. The van der Waals surface area contributed by atoms with Gasteiger partial charge in [0, 0.05) is 32.6 Å². The first-order valence-electron chi connectivity index (χ1n) is 7.71. The Morgan fingerprint density at radius 3 is 2.82 bits per heavy atom. The zero-order valence-electron chi connectivity index (χ0n) is 13.2. The number of amides is 1. The molecule has 2 unspecified atom stereocenters. The van der Waals surface area contributed by atoms with Gasteiger partial charge in [-0.1, -0.05) is 12.1 Å². The molecule has 5 nitrogen and oxygen atoms in total. The van der Waals surface area contributed by atoms with Crippen LogP contribution in [0.15, 0.2) is 24.3 Å². The number of benzene rings is 1. The van der Waals surface area contributed by atoms with Crippen LogP contribution in [0.5, 0.6) is 0 Å². The van der Waals surface area contributed by atoms with Gasteiger partial charge in [0.2, 0.25) is 5.91 Å². The minimum atomic E-state index is 0.106. The molecule has 22 heavy (non-hydrogen) atoms. The van der Waals surface area contributed by atoms with Gasteiger partial charge in [0.15, 0.2) is 0 Å². The van der Waals surface area contributed by atoms with E-state index in [-0.39, 0.29) is 18.1 Å². The van der Waals surface area contributed by atoms with Crippen LogP contribution in [0.4, 0.5) is 0 Å². The fraction of sp³-hybridized carbons (Fsp3) is 0.529. The molecule has 1 aromatic carbocycles. The first-order valence-corrected chi connectivity index (χ1v) is 7.71. The number of carbonyl (C=O) groups is 1. The lowest BCUT2D eigenvalue weighted by atomic mass is 10.1. The smallest absolute Gasteiger partial charge is 0.224 e. The number of nitriles is 1. The fourth-order valence-electron chi connectivity index (χ4n) is 2.72. The molecule has 0 saturated carbocycles. The van der Waals surface area contributed by atoms with E-state index in [0.29, 0.717) is 38.2 Å². The third-order valence-electron chi connectivity index (χ3n) is 3.67. The van der Waals surface area contributed by atoms with Gasteiger partial charge < -0.3 is 15.0 Å². The average molecular weight is 301 g/mol. The number of hydrogen-bond donors (Lipinski definition) is 1. The molecular formula is C17H23N3O2. The first kappa shape index (κ1) is 16.5. The van der Waals surface area contributed by atoms with Crippen LogP contribution in [0, 0.1) is 11.3 Å². The van der Waals surface area contributed by atoms with Crippen LogP contribution >= 0.6 is 0 Å². The van der Waals surface area contributed by atoms with E-state index in [1.165, 1.54) is 0 Å². The highest BCUT2D eigenvalue weighted by Crippen LogP contribution is 2.11. The maximum Gasteiger partial charge on any atom is 0.224 e. The number of rotatable bonds is 5. The Bertz CT molecular complexity index is 543. The molecule has 1 N–H and O–H groups in total. The summed E-state index contributed by atoms with van der Waals surface area (Å²) in [7, 11) is 0. The van der Waals surface area contributed by atoms with Crippen molar-refractivity contribution in [3.05, 3.63) is 35.4 Å². The monoisotopic (exact) mass is 301 g/mol. The minimum absolute atomic E-state index is 0.106. The number of nitrogens with zero attached hydrogens (tertiary/aromatic N) is 2. The van der Waals surface area contributed by atoms with Crippen molar-refractivity contribution in [2.75, 3.05) is 19.6 Å². The average Bonchev–Trinajstić information content (AvgIpc) is 2.50. The summed E-state index contributed by atoms with van der Waals surface area (Å²) in [6.07, 6.45) is 0.695. The van der Waals surface area contributed by atoms with Gasteiger partial charge in [-0.15, -0.1) is 0 Å². The third-order valence-corrected chi connectivity index (χ3v) is 3.67. The quantitative estimate of drug-likeness (QED) is 0.840. The number of carbonyl (C=O) groups excluding carboxylic acids is 1. The van der Waals surface area contributed by atoms with Crippen molar-refractivity contribution in [2.24, 2.45) is 0 Å². The van der Waals surface area contributed by atoms with Gasteiger partial charge in [0.05, 0.1) is 23.8 Å². The van der Waals surface area contributed by atoms with E-state index in [1.54, 1.807) is 6.07 Å². The molecule has 0 spiro atoms. The van der Waals surface area contributed by atoms with Crippen LogP contribution in [0.1, 0.15) is 31.4 Å². The summed E-state index contributed by atoms with van der Waals surface area (Å²) in [6, 6.07) is 9.62. The first-order chi connectivity index (χ1) is 10.6. The molecule has 1 fully saturated rings. The highest BCUT2D eigenvalue weighted by Gasteiger charge is 2.25. The zero-order chi connectivity index (χ0) is 15.9. The van der Waals surface area contributed by atoms with Gasteiger partial charge in [0.1, 0.15) is 0 Å². The summed E-state index contributed by atoms with van der Waals surface area (Å²) in [5, 5.41) is 12.1. The molecule has 0 aliphatic carbocycles. The van der Waals surface area contributed by atoms with Crippen LogP contribution < -0.4 is 5.32 Å². The normalized spacial score (nSPS) is 21.4. The van der Waals surface area contributed by atoms with Crippen molar-refractivity contribution in [1.29, 1.82) is 5.26 Å². The molecule has 1 heterocycles. The summed E-state index contributed by atoms with van der Waals surface area (Å²) in [4.78, 5) is 14.1. The summed E-state index contributed by atoms with van der Waals surface area (Å²) in [5.41, 5.74) is 1.71. The summed E-state index contributed by atoms with van der Waals surface area (Å²) < 4.78 is 5.64. The molecule has 1 aromatic rings. The van der Waals surface area contributed by atoms with E-state index in [4.69, 9.17) is 10.00 Å². The number of morpholine rings is 1. The largest absolute Gasteiger partial charge is 0.372 e. The van der Waals surface area contributed by atoms with Crippen LogP contribution in [0.25, 0.3) is 0 Å². The SMILES string of the molecule is CC1CN(C(=O)CCNCc2cccc(C#N)c2)CC(C)O1. The van der Waals surface area contributed by atoms with E-state index in [1.807, 2.05) is 36.9 Å². The topological polar surface area (TPSA) is 65.4 Å². The van der Waals surface area contributed by atoms with Crippen molar-refractivity contribution in [3.8, 4) is 6.07 Å². The second-order valence-corrected chi connectivity index (χ2v) is 5.79. The molecule has 1 amide bonds. The molecule has 5 heteroatoms. The number of nitrogens with one attached hydrogen (secondary N) is 1. The Morgan fingerprint density at radius 2 is 2.14 bits per heavy atom. The lowest BCUT2D eigenvalue weighted by molar-refractivity contribution is -0.143. The second kappa shape index (κ2) is 7.92. The van der Waals surface area contributed by atoms with Crippen molar-refractivity contribution < 1.29 is 9.53 Å². The van der Waals surface area contributed by atoms with Crippen molar-refractivity contribution in [2.45, 2.75) is 39.0 Å². The molecule has 0 radical (unpaired) electrons. The predicted octanol–water partition coefficient (Wildman–Crippen LogP) is 1.67. The lowest BCUT2D eigenvalue weighted by Gasteiger charge is -2.35. The van der Waals surface area contributed by atoms with Crippen LogP contribution in [0.2, 0.25) is 0 Å². The molecule has 2 atom stereocenters. The molecule has 1 aliphatic heterocycles. The fourth-order valence-corrected chi connectivity index (χ4v) is 2.72. The van der Waals surface area contributed by atoms with Gasteiger partial charge >= 0.3 is 0 Å². The van der Waals surface area contributed by atoms with Gasteiger partial charge in [0.25, 0.3) is 0 Å². The summed E-state index contributed by atoms with van der Waals surface area (Å²) in [6.45, 7) is 6.64. The lowest BCUT2D eigenvalue weighted by Crippen LogP contribution is -2.48. The zero-order valence-corrected chi connectivity index (χ0v) is 13.2. The summed E-state index contributed by atoms with van der Waals surface area (Å²) >= 11 is 0. The molecular weight excluding hydrogens is 278 g/mol. The molecule has 118 valence electrons. The number of ether oxygens (including phenoxy) is 1. The molecule has 0 aromatic heterocycles. The van der Waals surface area contributed by atoms with E-state index in [2.05, 4.69) is 11.4 Å². The second-order valence-electron chi connectivity index (χ2n) is 5.79. The maximum absolute atomic E-state index is 12.2. The highest BCUT2D eigenvalue weighted by molar-refractivity contribution is 5.76. The molecule has 0 bridgehead atoms. The van der Waals surface area contributed by atoms with Crippen molar-refractivity contribution in [3.63, 3.8) is 0 Å². The Morgan fingerprint density at radius 1 is 1.41 bits per heavy atom. The Kier molecular flexibility index (Phi) is 5.93. The Hall–Kier alpha value is -1.90. The Labute approximate surface area is 131 Å². The number of hydrogen-bond acceptors (Lipinski definition) is 4. The van der Waals surface area contributed by atoms with Crippen molar-refractivity contribution >= 4 is 5.91 Å². The minimum Gasteiger partial charge on any atom is -0.372 e. The van der Waals surface area contributed by atoms with Crippen LogP contribution in [0.3, 0.4) is 0 Å². The van der Waals surface area contributed by atoms with Gasteiger partial charge in [-0.2, -0.15) is 5.26 Å². The van der Waals surface area contributed by atoms with Gasteiger partial charge in [-0.25, -0.2) is 0 Å². The van der Waals surface area contributed by atoms with Crippen LogP contribution in [-0.4, -0.2) is 42.6 Å². The van der Waals surface area contributed by atoms with E-state index >= 15 is 0 Å². The standard InChI is InChI=1S/C17H23N3O2/c1-13-11-20(12-14(2)22-13)17(21)6-7-19-10-16-5-3-4-15(8-16)9-18/h3-5,8,13-14,19H,6-7,10-12H2,1-2H3. The molecule has 1 aliphatic rings. The highest BCUT2D eigenvalue weighted by atomic mass is 16.5. The maximum atomic E-state index is 12.2. The third kappa shape index (κ3) is 4.83. The molecule has 2 rings (SSSR count). The van der Waals surface area contributed by atoms with E-state index < -0.39 is 0 Å².